The van der Waals surface area contributed by atoms with Crippen molar-refractivity contribution in [2.24, 2.45) is 5.73 Å². The average molecular weight is 389 g/mol. The standard InChI is InChI=1S/C23H23N3O3/c1-12-8-9-19(27)13(2)20(12)26-21(24)18(22(25)28)11-17(23(26)29)16-10-15(16)14-6-4-3-5-7-14/h3-9,11,15-16,27H,10,24H2,1-2H3,(H2,25,28). The highest BCUT2D eigenvalue weighted by molar-refractivity contribution is 5.97. The fourth-order valence-corrected chi connectivity index (χ4v) is 4.11. The van der Waals surface area contributed by atoms with Gasteiger partial charge in [-0.15, -0.1) is 0 Å². The number of hydrogen-bond donors (Lipinski definition) is 3. The zero-order valence-corrected chi connectivity index (χ0v) is 16.3. The van der Waals surface area contributed by atoms with E-state index in [1.807, 2.05) is 37.3 Å². The van der Waals surface area contributed by atoms with Crippen LogP contribution in [0.4, 0.5) is 5.82 Å². The Balaban J connectivity index is 1.93. The van der Waals surface area contributed by atoms with Gasteiger partial charge >= 0.3 is 0 Å². The number of amides is 1. The number of benzene rings is 2. The lowest BCUT2D eigenvalue weighted by Crippen LogP contribution is -2.29. The van der Waals surface area contributed by atoms with Crippen molar-refractivity contribution in [2.45, 2.75) is 32.1 Å². The van der Waals surface area contributed by atoms with E-state index in [2.05, 4.69) is 0 Å². The van der Waals surface area contributed by atoms with E-state index in [4.69, 9.17) is 11.5 Å². The van der Waals surface area contributed by atoms with Crippen LogP contribution in [0.25, 0.3) is 5.69 Å². The number of aryl methyl sites for hydroxylation is 1. The second-order valence-corrected chi connectivity index (χ2v) is 7.64. The molecule has 3 aromatic rings. The van der Waals surface area contributed by atoms with E-state index in [1.54, 1.807) is 19.1 Å². The lowest BCUT2D eigenvalue weighted by atomic mass is 10.0. The van der Waals surface area contributed by atoms with Gasteiger partial charge in [0.05, 0.1) is 11.3 Å². The number of aromatic hydroxyl groups is 1. The summed E-state index contributed by atoms with van der Waals surface area (Å²) in [5.41, 5.74) is 15.0. The van der Waals surface area contributed by atoms with Gasteiger partial charge in [-0.2, -0.15) is 0 Å². The van der Waals surface area contributed by atoms with Crippen LogP contribution in [0.3, 0.4) is 0 Å². The zero-order chi connectivity index (χ0) is 20.9. The molecule has 6 nitrogen and oxygen atoms in total. The lowest BCUT2D eigenvalue weighted by molar-refractivity contribution is 0.100. The van der Waals surface area contributed by atoms with Crippen molar-refractivity contribution in [3.8, 4) is 11.4 Å². The van der Waals surface area contributed by atoms with Gasteiger partial charge in [-0.3, -0.25) is 14.2 Å². The number of carbonyl (C=O) groups is 1. The van der Waals surface area contributed by atoms with Crippen LogP contribution >= 0.6 is 0 Å². The molecule has 0 bridgehead atoms. The van der Waals surface area contributed by atoms with Gasteiger partial charge in [-0.05, 0) is 55.4 Å². The second kappa shape index (κ2) is 6.81. The third-order valence-electron chi connectivity index (χ3n) is 5.78. The van der Waals surface area contributed by atoms with Crippen molar-refractivity contribution in [2.75, 3.05) is 5.73 Å². The molecule has 1 amide bonds. The molecular formula is C23H23N3O3. The molecule has 2 atom stereocenters. The molecule has 0 aliphatic heterocycles. The van der Waals surface area contributed by atoms with Crippen molar-refractivity contribution < 1.29 is 9.90 Å². The molecule has 1 aliphatic carbocycles. The van der Waals surface area contributed by atoms with E-state index in [0.29, 0.717) is 16.8 Å². The number of rotatable bonds is 4. The molecule has 0 saturated heterocycles. The Morgan fingerprint density at radius 3 is 2.45 bits per heavy atom. The fraction of sp³-hybridized carbons (Fsp3) is 0.217. The third kappa shape index (κ3) is 3.06. The minimum Gasteiger partial charge on any atom is -0.508 e. The van der Waals surface area contributed by atoms with Gasteiger partial charge in [0, 0.05) is 11.1 Å². The lowest BCUT2D eigenvalue weighted by Gasteiger charge is -2.19. The highest BCUT2D eigenvalue weighted by atomic mass is 16.3. The summed E-state index contributed by atoms with van der Waals surface area (Å²) in [6.45, 7) is 3.54. The maximum absolute atomic E-state index is 13.5. The van der Waals surface area contributed by atoms with Crippen LogP contribution in [0.2, 0.25) is 0 Å². The smallest absolute Gasteiger partial charge is 0.260 e. The largest absolute Gasteiger partial charge is 0.508 e. The molecule has 0 radical (unpaired) electrons. The molecule has 4 rings (SSSR count). The van der Waals surface area contributed by atoms with Crippen molar-refractivity contribution in [1.29, 1.82) is 0 Å². The summed E-state index contributed by atoms with van der Waals surface area (Å²) in [6.07, 6.45) is 0.819. The number of nitrogens with two attached hydrogens (primary N) is 2. The third-order valence-corrected chi connectivity index (χ3v) is 5.78. The summed E-state index contributed by atoms with van der Waals surface area (Å²) in [5.74, 6) is -0.442. The number of nitrogens with zero attached hydrogens (tertiary/aromatic N) is 1. The molecule has 1 aliphatic rings. The van der Waals surface area contributed by atoms with Crippen LogP contribution in [-0.4, -0.2) is 15.6 Å². The maximum atomic E-state index is 13.5. The first kappa shape index (κ1) is 18.8. The van der Waals surface area contributed by atoms with Crippen molar-refractivity contribution in [3.05, 3.63) is 86.7 Å². The Kier molecular flexibility index (Phi) is 4.42. The van der Waals surface area contributed by atoms with Gasteiger partial charge in [0.1, 0.15) is 11.6 Å². The Morgan fingerprint density at radius 1 is 1.10 bits per heavy atom. The predicted octanol–water partition coefficient (Wildman–Crippen LogP) is 3.11. The van der Waals surface area contributed by atoms with Crippen LogP contribution in [0, 0.1) is 13.8 Å². The number of hydrogen-bond acceptors (Lipinski definition) is 4. The Hall–Kier alpha value is -3.54. The number of aromatic nitrogens is 1. The van der Waals surface area contributed by atoms with E-state index in [1.165, 1.54) is 10.6 Å². The zero-order valence-electron chi connectivity index (χ0n) is 16.3. The fourth-order valence-electron chi connectivity index (χ4n) is 4.11. The Labute approximate surface area is 168 Å². The number of phenols is 1. The van der Waals surface area contributed by atoms with Crippen molar-refractivity contribution in [3.63, 3.8) is 0 Å². The number of primary amides is 1. The molecule has 29 heavy (non-hydrogen) atoms. The van der Waals surface area contributed by atoms with Crippen LogP contribution in [0.5, 0.6) is 5.75 Å². The van der Waals surface area contributed by atoms with Gasteiger partial charge in [0.2, 0.25) is 0 Å². The second-order valence-electron chi connectivity index (χ2n) is 7.64. The highest BCUT2D eigenvalue weighted by Gasteiger charge is 2.42. The molecule has 5 N–H and O–H groups in total. The van der Waals surface area contributed by atoms with Crippen molar-refractivity contribution >= 4 is 11.7 Å². The Bertz CT molecular complexity index is 1180. The molecular weight excluding hydrogens is 366 g/mol. The minimum atomic E-state index is -0.690. The van der Waals surface area contributed by atoms with E-state index in [9.17, 15) is 14.7 Å². The van der Waals surface area contributed by atoms with Gasteiger partial charge < -0.3 is 16.6 Å². The highest BCUT2D eigenvalue weighted by Crippen LogP contribution is 2.54. The normalized spacial score (nSPS) is 17.9. The summed E-state index contributed by atoms with van der Waals surface area (Å²) < 4.78 is 1.32. The Morgan fingerprint density at radius 2 is 1.79 bits per heavy atom. The number of nitrogen functional groups attached to an aromatic ring is 1. The molecule has 6 heteroatoms. The first-order valence-corrected chi connectivity index (χ1v) is 9.51. The molecule has 1 fully saturated rings. The maximum Gasteiger partial charge on any atom is 0.260 e. The quantitative estimate of drug-likeness (QED) is 0.636. The number of carbonyl (C=O) groups excluding carboxylic acids is 1. The number of anilines is 1. The minimum absolute atomic E-state index is 0.00669. The first-order chi connectivity index (χ1) is 13.8. The van der Waals surface area contributed by atoms with Gasteiger partial charge in [0.15, 0.2) is 0 Å². The summed E-state index contributed by atoms with van der Waals surface area (Å²) in [7, 11) is 0. The summed E-state index contributed by atoms with van der Waals surface area (Å²) in [6, 6.07) is 14.8. The molecule has 2 unspecified atom stereocenters. The van der Waals surface area contributed by atoms with E-state index in [-0.39, 0.29) is 34.5 Å². The van der Waals surface area contributed by atoms with Gasteiger partial charge in [-0.1, -0.05) is 36.4 Å². The summed E-state index contributed by atoms with van der Waals surface area (Å²) >= 11 is 0. The van der Waals surface area contributed by atoms with Crippen molar-refractivity contribution in [1.82, 2.24) is 4.57 Å². The number of pyridine rings is 1. The average Bonchev–Trinajstić information content (AvgIpc) is 3.48. The summed E-state index contributed by atoms with van der Waals surface area (Å²) in [5, 5.41) is 10.2. The topological polar surface area (TPSA) is 111 Å². The molecule has 0 spiro atoms. The van der Waals surface area contributed by atoms with Crippen LogP contribution in [0.1, 0.15) is 50.9 Å². The van der Waals surface area contributed by atoms with Crippen LogP contribution < -0.4 is 17.0 Å². The SMILES string of the molecule is Cc1ccc(O)c(C)c1-n1c(N)c(C(N)=O)cc(C2CC2c2ccccc2)c1=O. The first-order valence-electron chi connectivity index (χ1n) is 9.51. The summed E-state index contributed by atoms with van der Waals surface area (Å²) in [4.78, 5) is 25.6. The molecule has 1 aromatic heterocycles. The number of phenolic OH excluding ortho intramolecular Hbond substituents is 1. The van der Waals surface area contributed by atoms with E-state index >= 15 is 0 Å². The van der Waals surface area contributed by atoms with Gasteiger partial charge in [0.25, 0.3) is 11.5 Å². The molecule has 148 valence electrons. The van der Waals surface area contributed by atoms with Crippen LogP contribution in [-0.2, 0) is 0 Å². The van der Waals surface area contributed by atoms with E-state index in [0.717, 1.165) is 17.5 Å². The monoisotopic (exact) mass is 389 g/mol. The van der Waals surface area contributed by atoms with Crippen LogP contribution in [0.15, 0.2) is 53.3 Å². The van der Waals surface area contributed by atoms with E-state index < -0.39 is 5.91 Å². The van der Waals surface area contributed by atoms with Gasteiger partial charge in [-0.25, -0.2) is 0 Å². The predicted molar refractivity (Wildman–Crippen MR) is 113 cm³/mol. The molecule has 2 aromatic carbocycles. The molecule has 1 saturated carbocycles. The molecule has 1 heterocycles.